The lowest BCUT2D eigenvalue weighted by Gasteiger charge is -2.43. The highest BCUT2D eigenvalue weighted by molar-refractivity contribution is 7.90. The molecule has 4 rings (SSSR count). The maximum absolute atomic E-state index is 13.6. The number of ether oxygens (including phenoxy) is 2. The van der Waals surface area contributed by atoms with Crippen molar-refractivity contribution in [3.8, 4) is 0 Å². The van der Waals surface area contributed by atoms with Gasteiger partial charge in [-0.1, -0.05) is 17.7 Å². The summed E-state index contributed by atoms with van der Waals surface area (Å²) < 4.78 is 40.0. The predicted octanol–water partition coefficient (Wildman–Crippen LogP) is 1.79. The highest BCUT2D eigenvalue weighted by Crippen LogP contribution is 2.27. The molecule has 0 aliphatic carbocycles. The van der Waals surface area contributed by atoms with Crippen LogP contribution in [0.2, 0.25) is 5.02 Å². The van der Waals surface area contributed by atoms with E-state index in [0.717, 1.165) is 0 Å². The fraction of sp³-hybridized carbons (Fsp3) is 0.429. The van der Waals surface area contributed by atoms with Gasteiger partial charge in [-0.15, -0.1) is 0 Å². The van der Waals surface area contributed by atoms with E-state index >= 15 is 0 Å². The molecule has 0 unspecified atom stereocenters. The molecule has 2 aliphatic rings. The summed E-state index contributed by atoms with van der Waals surface area (Å²) in [4.78, 5) is 18.2. The highest BCUT2D eigenvalue weighted by atomic mass is 35.5. The molecule has 2 fully saturated rings. The Balaban J connectivity index is 1.57. The van der Waals surface area contributed by atoms with E-state index in [2.05, 4.69) is 9.88 Å². The lowest BCUT2D eigenvalue weighted by atomic mass is 10.2. The number of methoxy groups -OCH3 is 1. The van der Waals surface area contributed by atoms with Gasteiger partial charge in [0.05, 0.1) is 49.9 Å². The van der Waals surface area contributed by atoms with Gasteiger partial charge in [0.15, 0.2) is 0 Å². The Morgan fingerprint density at radius 3 is 2.53 bits per heavy atom. The molecule has 1 aromatic heterocycles. The fourth-order valence-corrected chi connectivity index (χ4v) is 5.48. The number of piperazine rings is 1. The number of halogens is 1. The Morgan fingerprint density at radius 2 is 1.97 bits per heavy atom. The first-order valence-corrected chi connectivity index (χ1v) is 12.0. The average molecular weight is 481 g/mol. The summed E-state index contributed by atoms with van der Waals surface area (Å²) in [6.45, 7) is 3.50. The minimum Gasteiger partial charge on any atom is -0.465 e. The fourth-order valence-electron chi connectivity index (χ4n) is 3.71. The largest absolute Gasteiger partial charge is 0.465 e. The summed E-state index contributed by atoms with van der Waals surface area (Å²) >= 11 is 6.16. The number of esters is 1. The first-order valence-electron chi connectivity index (χ1n) is 10.3. The molecule has 0 N–H and O–H groups in total. The number of pyridine rings is 1. The molecule has 32 heavy (non-hydrogen) atoms. The maximum atomic E-state index is 13.6. The maximum Gasteiger partial charge on any atom is 0.339 e. The van der Waals surface area contributed by atoms with Gasteiger partial charge < -0.3 is 9.47 Å². The number of carbonyl (C=O) groups is 1. The zero-order valence-electron chi connectivity index (χ0n) is 17.7. The van der Waals surface area contributed by atoms with Crippen LogP contribution in [0.3, 0.4) is 0 Å². The van der Waals surface area contributed by atoms with Gasteiger partial charge in [-0.2, -0.15) is 12.7 Å². The van der Waals surface area contributed by atoms with E-state index in [0.29, 0.717) is 67.4 Å². The molecule has 11 heteroatoms. The quantitative estimate of drug-likeness (QED) is 0.558. The molecule has 0 radical (unpaired) electrons. The summed E-state index contributed by atoms with van der Waals surface area (Å²) in [5.41, 5.74) is 1.24. The second kappa shape index (κ2) is 9.72. The van der Waals surface area contributed by atoms with Gasteiger partial charge in [0.1, 0.15) is 0 Å². The number of benzene rings is 1. The molecule has 0 atom stereocenters. The van der Waals surface area contributed by atoms with Crippen molar-refractivity contribution in [3.05, 3.63) is 58.9 Å². The van der Waals surface area contributed by atoms with E-state index in [1.807, 2.05) is 0 Å². The van der Waals surface area contributed by atoms with Gasteiger partial charge in [0.2, 0.25) is 0 Å². The van der Waals surface area contributed by atoms with Gasteiger partial charge in [0, 0.05) is 37.4 Å². The number of anilines is 1. The number of carbonyl (C=O) groups excluding carboxylic acids is 1. The Morgan fingerprint density at radius 1 is 1.22 bits per heavy atom. The summed E-state index contributed by atoms with van der Waals surface area (Å²) in [6.07, 6.45) is 1.38. The molecule has 2 aromatic rings. The van der Waals surface area contributed by atoms with Crippen LogP contribution in [0.4, 0.5) is 5.69 Å². The van der Waals surface area contributed by atoms with Gasteiger partial charge >= 0.3 is 16.2 Å². The van der Waals surface area contributed by atoms with Crippen LogP contribution < -0.4 is 4.31 Å². The Labute approximate surface area is 192 Å². The van der Waals surface area contributed by atoms with Crippen LogP contribution in [-0.2, 0) is 26.2 Å². The molecular formula is C21H25ClN4O5S. The van der Waals surface area contributed by atoms with Crippen molar-refractivity contribution in [3.63, 3.8) is 0 Å². The topological polar surface area (TPSA) is 92.3 Å². The lowest BCUT2D eigenvalue weighted by Crippen LogP contribution is -2.59. The van der Waals surface area contributed by atoms with Crippen molar-refractivity contribution in [2.24, 2.45) is 0 Å². The smallest absolute Gasteiger partial charge is 0.339 e. The average Bonchev–Trinajstić information content (AvgIpc) is 2.76. The molecule has 0 spiro atoms. The van der Waals surface area contributed by atoms with Crippen molar-refractivity contribution in [1.29, 1.82) is 0 Å². The van der Waals surface area contributed by atoms with Crippen molar-refractivity contribution in [2.45, 2.75) is 12.6 Å². The third-order valence-electron chi connectivity index (χ3n) is 5.66. The summed E-state index contributed by atoms with van der Waals surface area (Å²) in [5, 5.41) is 0.437. The molecule has 0 saturated carbocycles. The third-order valence-corrected chi connectivity index (χ3v) is 7.81. The van der Waals surface area contributed by atoms with Crippen LogP contribution >= 0.6 is 11.6 Å². The Hall–Kier alpha value is -2.24. The molecule has 2 aliphatic heterocycles. The third kappa shape index (κ3) is 4.89. The van der Waals surface area contributed by atoms with Crippen molar-refractivity contribution >= 4 is 33.5 Å². The van der Waals surface area contributed by atoms with E-state index in [-0.39, 0.29) is 6.54 Å². The number of hydrogen-bond acceptors (Lipinski definition) is 7. The number of rotatable bonds is 7. The summed E-state index contributed by atoms with van der Waals surface area (Å²) in [6, 6.07) is 10.3. The van der Waals surface area contributed by atoms with Crippen LogP contribution in [0.1, 0.15) is 16.1 Å². The van der Waals surface area contributed by atoms with Gasteiger partial charge in [-0.05, 0) is 30.3 Å². The second-order valence-electron chi connectivity index (χ2n) is 7.65. The first kappa shape index (κ1) is 22.9. The van der Waals surface area contributed by atoms with Crippen molar-refractivity contribution in [1.82, 2.24) is 14.2 Å². The minimum absolute atomic E-state index is 0.000801. The van der Waals surface area contributed by atoms with E-state index in [4.69, 9.17) is 21.1 Å². The second-order valence-corrected chi connectivity index (χ2v) is 9.94. The zero-order valence-corrected chi connectivity index (χ0v) is 19.3. The van der Waals surface area contributed by atoms with Crippen LogP contribution in [0.15, 0.2) is 42.6 Å². The number of hydrogen-bond donors (Lipinski definition) is 0. The highest BCUT2D eigenvalue weighted by Gasteiger charge is 2.36. The summed E-state index contributed by atoms with van der Waals surface area (Å²) in [5.74, 6) is -0.502. The molecule has 9 nitrogen and oxygen atoms in total. The normalized spacial score (nSPS) is 18.2. The molecule has 1 aromatic carbocycles. The predicted molar refractivity (Wildman–Crippen MR) is 120 cm³/mol. The van der Waals surface area contributed by atoms with Crippen LogP contribution in [0.5, 0.6) is 0 Å². The van der Waals surface area contributed by atoms with Gasteiger partial charge in [-0.25, -0.2) is 4.79 Å². The Bertz CT molecular complexity index is 1050. The standard InChI is InChI=1S/C21H25ClN4O5S/c1-30-21(27)16-5-6-18(23-12-16)13-26(19-4-2-3-17(22)11-19)32(28,29)25-9-7-24(8-10-25)20-14-31-15-20/h2-6,11-12,20H,7-10,13-15H2,1H3. The monoisotopic (exact) mass is 480 g/mol. The SMILES string of the molecule is COC(=O)c1ccc(CN(c2cccc(Cl)c2)S(=O)(=O)N2CCN(C3COC3)CC2)nc1. The lowest BCUT2D eigenvalue weighted by molar-refractivity contribution is -0.0721. The van der Waals surface area contributed by atoms with Crippen LogP contribution in [0, 0.1) is 0 Å². The molecule has 3 heterocycles. The Kier molecular flexibility index (Phi) is 6.96. The first-order chi connectivity index (χ1) is 15.4. The van der Waals surface area contributed by atoms with E-state index in [1.54, 1.807) is 36.4 Å². The van der Waals surface area contributed by atoms with E-state index in [9.17, 15) is 13.2 Å². The molecule has 172 valence electrons. The van der Waals surface area contributed by atoms with Crippen LogP contribution in [-0.4, -0.2) is 81.1 Å². The molecule has 2 saturated heterocycles. The van der Waals surface area contributed by atoms with E-state index < -0.39 is 16.2 Å². The van der Waals surface area contributed by atoms with Crippen molar-refractivity contribution in [2.75, 3.05) is 50.8 Å². The number of nitrogens with zero attached hydrogens (tertiary/aromatic N) is 4. The van der Waals surface area contributed by atoms with Crippen molar-refractivity contribution < 1.29 is 22.7 Å². The number of aromatic nitrogens is 1. The van der Waals surface area contributed by atoms with Crippen LogP contribution in [0.25, 0.3) is 0 Å². The zero-order chi connectivity index (χ0) is 22.7. The van der Waals surface area contributed by atoms with Gasteiger partial charge in [-0.3, -0.25) is 14.2 Å². The van der Waals surface area contributed by atoms with E-state index in [1.165, 1.54) is 21.9 Å². The summed E-state index contributed by atoms with van der Waals surface area (Å²) in [7, 11) is -2.55. The molecule has 0 bridgehead atoms. The minimum atomic E-state index is -3.84. The van der Waals surface area contributed by atoms with Gasteiger partial charge in [0.25, 0.3) is 0 Å². The molecular weight excluding hydrogens is 456 g/mol. The molecule has 0 amide bonds.